The van der Waals surface area contributed by atoms with Gasteiger partial charge in [0.05, 0.1) is 0 Å². The molecule has 0 saturated carbocycles. The van der Waals surface area contributed by atoms with Crippen LogP contribution in [-0.4, -0.2) is 64.1 Å². The number of rotatable bonds is 18. The molecule has 0 aliphatic heterocycles. The third kappa shape index (κ3) is 18.4. The zero-order chi connectivity index (χ0) is 26.8. The van der Waals surface area contributed by atoms with E-state index in [-0.39, 0.29) is 18.6 Å². The fraction of sp³-hybridized carbons (Fsp3) is 0.600. The van der Waals surface area contributed by atoms with E-state index in [0.29, 0.717) is 5.75 Å². The van der Waals surface area contributed by atoms with E-state index in [1.54, 1.807) is 0 Å². The summed E-state index contributed by atoms with van der Waals surface area (Å²) >= 11 is 1.44. The summed E-state index contributed by atoms with van der Waals surface area (Å²) in [4.78, 5) is 46.0. The molecule has 198 valence electrons. The second kappa shape index (κ2) is 18.7. The van der Waals surface area contributed by atoms with Gasteiger partial charge in [-0.2, -0.15) is 11.8 Å². The summed E-state index contributed by atoms with van der Waals surface area (Å²) in [6.45, 7) is 7.84. The Morgan fingerprint density at radius 2 is 1.51 bits per heavy atom. The van der Waals surface area contributed by atoms with Crippen LogP contribution in [0.5, 0.6) is 0 Å². The lowest BCUT2D eigenvalue weighted by atomic mass is 10.1. The van der Waals surface area contributed by atoms with Crippen LogP contribution < -0.4 is 16.4 Å². The van der Waals surface area contributed by atoms with E-state index in [4.69, 9.17) is 15.9 Å². The number of hydrogen-bond acceptors (Lipinski definition) is 6. The van der Waals surface area contributed by atoms with Crippen molar-refractivity contribution in [3.63, 3.8) is 0 Å². The molecule has 0 aromatic carbocycles. The van der Waals surface area contributed by atoms with Crippen LogP contribution in [0.25, 0.3) is 0 Å². The van der Waals surface area contributed by atoms with Gasteiger partial charge in [-0.3, -0.25) is 19.2 Å². The number of carboxylic acid groups (broad SMARTS) is 2. The number of thioether (sulfide) groups is 1. The van der Waals surface area contributed by atoms with E-state index < -0.39 is 42.4 Å². The van der Waals surface area contributed by atoms with Crippen molar-refractivity contribution in [2.75, 3.05) is 18.1 Å². The average molecular weight is 512 g/mol. The van der Waals surface area contributed by atoms with Crippen molar-refractivity contribution in [2.24, 2.45) is 5.73 Å². The predicted octanol–water partition coefficient (Wildman–Crippen LogP) is 3.02. The van der Waals surface area contributed by atoms with Gasteiger partial charge in [0.25, 0.3) is 0 Å². The first-order valence-electron chi connectivity index (χ1n) is 11.7. The molecular weight excluding hydrogens is 470 g/mol. The zero-order valence-corrected chi connectivity index (χ0v) is 22.1. The van der Waals surface area contributed by atoms with Crippen molar-refractivity contribution in [3.8, 4) is 0 Å². The third-order valence-corrected chi connectivity index (χ3v) is 5.99. The van der Waals surface area contributed by atoms with Crippen molar-refractivity contribution >= 4 is 35.5 Å². The molecule has 0 aliphatic rings. The molecule has 0 radical (unpaired) electrons. The number of hydrogen-bond donors (Lipinski definition) is 5. The smallest absolute Gasteiger partial charge is 0.322 e. The maximum atomic E-state index is 12.3. The SMILES string of the molecule is CC(C)=CCCC(C)=CCCC(C)=CCSC[C@H](NC(=O)CC[C@H](N)C(=O)O)C(=O)NCC(=O)O. The van der Waals surface area contributed by atoms with Gasteiger partial charge in [-0.05, 0) is 59.8 Å². The Hall–Kier alpha value is -2.59. The van der Waals surface area contributed by atoms with Crippen molar-refractivity contribution < 1.29 is 29.4 Å². The molecule has 2 amide bonds. The number of carbonyl (C=O) groups is 4. The molecule has 0 aromatic heterocycles. The molecule has 0 unspecified atom stereocenters. The minimum absolute atomic E-state index is 0.0669. The van der Waals surface area contributed by atoms with Gasteiger partial charge >= 0.3 is 11.9 Å². The summed E-state index contributed by atoms with van der Waals surface area (Å²) < 4.78 is 0. The van der Waals surface area contributed by atoms with Crippen LogP contribution in [-0.2, 0) is 19.2 Å². The van der Waals surface area contributed by atoms with E-state index in [2.05, 4.69) is 56.6 Å². The molecule has 10 heteroatoms. The van der Waals surface area contributed by atoms with Crippen LogP contribution >= 0.6 is 11.8 Å². The van der Waals surface area contributed by atoms with E-state index in [0.717, 1.165) is 25.7 Å². The highest BCUT2D eigenvalue weighted by atomic mass is 32.2. The molecule has 0 saturated heterocycles. The molecule has 0 heterocycles. The molecule has 0 aliphatic carbocycles. The Bertz CT molecular complexity index is 803. The van der Waals surface area contributed by atoms with Gasteiger partial charge in [0.15, 0.2) is 0 Å². The second-order valence-corrected chi connectivity index (χ2v) is 9.79. The van der Waals surface area contributed by atoms with Gasteiger partial charge in [0.2, 0.25) is 11.8 Å². The number of nitrogens with two attached hydrogens (primary N) is 1. The lowest BCUT2D eigenvalue weighted by molar-refractivity contribution is -0.139. The monoisotopic (exact) mass is 511 g/mol. The lowest BCUT2D eigenvalue weighted by Crippen LogP contribution is -2.49. The summed E-state index contributed by atoms with van der Waals surface area (Å²) in [7, 11) is 0. The molecule has 0 fully saturated rings. The molecule has 0 aromatic rings. The van der Waals surface area contributed by atoms with Gasteiger partial charge in [-0.25, -0.2) is 0 Å². The third-order valence-electron chi connectivity index (χ3n) is 5.02. The minimum Gasteiger partial charge on any atom is -0.480 e. The van der Waals surface area contributed by atoms with Crippen LogP contribution in [0.3, 0.4) is 0 Å². The maximum absolute atomic E-state index is 12.3. The topological polar surface area (TPSA) is 159 Å². The van der Waals surface area contributed by atoms with E-state index in [1.807, 2.05) is 0 Å². The molecule has 6 N–H and O–H groups in total. The van der Waals surface area contributed by atoms with Gasteiger partial charge in [-0.1, -0.05) is 34.9 Å². The Kier molecular flexibility index (Phi) is 17.3. The number of carboxylic acids is 2. The second-order valence-electron chi connectivity index (χ2n) is 8.71. The Morgan fingerprint density at radius 1 is 0.914 bits per heavy atom. The summed E-state index contributed by atoms with van der Waals surface area (Å²) in [5, 5.41) is 22.4. The summed E-state index contributed by atoms with van der Waals surface area (Å²) in [5.41, 5.74) is 9.34. The lowest BCUT2D eigenvalue weighted by Gasteiger charge is -2.18. The standard InChI is InChI=1S/C25H41N3O6S/c1-17(2)7-5-8-18(3)9-6-10-19(4)13-14-35-16-21(24(32)27-15-23(30)31)28-22(29)12-11-20(26)25(33)34/h7,9,13,20-21H,5-6,8,10-12,14-16,26H2,1-4H3,(H,27,32)(H,28,29)(H,30,31)(H,33,34)/t20-,21-/m0/s1. The molecule has 0 bridgehead atoms. The Balaban J connectivity index is 4.65. The van der Waals surface area contributed by atoms with Crippen molar-refractivity contribution in [1.82, 2.24) is 10.6 Å². The fourth-order valence-electron chi connectivity index (χ4n) is 2.87. The van der Waals surface area contributed by atoms with Gasteiger partial charge in [-0.15, -0.1) is 0 Å². The minimum atomic E-state index is -1.21. The molecule has 2 atom stereocenters. The van der Waals surface area contributed by atoms with Gasteiger partial charge < -0.3 is 26.6 Å². The van der Waals surface area contributed by atoms with E-state index in [1.165, 1.54) is 28.5 Å². The first-order chi connectivity index (χ1) is 16.4. The highest BCUT2D eigenvalue weighted by Gasteiger charge is 2.22. The normalized spacial score (nSPS) is 13.5. The fourth-order valence-corrected chi connectivity index (χ4v) is 3.88. The quantitative estimate of drug-likeness (QED) is 0.139. The zero-order valence-electron chi connectivity index (χ0n) is 21.3. The van der Waals surface area contributed by atoms with Crippen molar-refractivity contribution in [3.05, 3.63) is 34.9 Å². The summed E-state index contributed by atoms with van der Waals surface area (Å²) in [6, 6.07) is -2.11. The number of allylic oxidation sites excluding steroid dienone is 5. The Labute approximate surface area is 212 Å². The maximum Gasteiger partial charge on any atom is 0.322 e. The summed E-state index contributed by atoms with van der Waals surface area (Å²) in [6.07, 6.45) is 10.4. The van der Waals surface area contributed by atoms with Crippen LogP contribution in [0.2, 0.25) is 0 Å². The Morgan fingerprint density at radius 3 is 2.09 bits per heavy atom. The van der Waals surface area contributed by atoms with Crippen LogP contribution in [0.15, 0.2) is 34.9 Å². The highest BCUT2D eigenvalue weighted by Crippen LogP contribution is 2.13. The number of amides is 2. The van der Waals surface area contributed by atoms with Crippen molar-refractivity contribution in [2.45, 2.75) is 78.3 Å². The molecule has 0 spiro atoms. The molecule has 35 heavy (non-hydrogen) atoms. The molecular formula is C25H41N3O6S. The van der Waals surface area contributed by atoms with Crippen LogP contribution in [0, 0.1) is 0 Å². The molecule has 0 rings (SSSR count). The van der Waals surface area contributed by atoms with Crippen LogP contribution in [0.4, 0.5) is 0 Å². The number of carbonyl (C=O) groups excluding carboxylic acids is 2. The molecule has 9 nitrogen and oxygen atoms in total. The highest BCUT2D eigenvalue weighted by molar-refractivity contribution is 7.99. The predicted molar refractivity (Wildman–Crippen MR) is 140 cm³/mol. The number of aliphatic carboxylic acids is 2. The van der Waals surface area contributed by atoms with E-state index in [9.17, 15) is 19.2 Å². The number of nitrogens with one attached hydrogen (secondary N) is 2. The van der Waals surface area contributed by atoms with Gasteiger partial charge in [0, 0.05) is 17.9 Å². The first-order valence-corrected chi connectivity index (χ1v) is 12.9. The largest absolute Gasteiger partial charge is 0.480 e. The summed E-state index contributed by atoms with van der Waals surface area (Å²) in [5.74, 6) is -2.64. The van der Waals surface area contributed by atoms with Gasteiger partial charge in [0.1, 0.15) is 18.6 Å². The van der Waals surface area contributed by atoms with E-state index >= 15 is 0 Å². The van der Waals surface area contributed by atoms with Crippen LogP contribution in [0.1, 0.15) is 66.2 Å². The first kappa shape index (κ1) is 32.4. The van der Waals surface area contributed by atoms with Crippen molar-refractivity contribution in [1.29, 1.82) is 0 Å². The average Bonchev–Trinajstić information content (AvgIpc) is 2.77.